The summed E-state index contributed by atoms with van der Waals surface area (Å²) in [6.07, 6.45) is 3.09. The lowest BCUT2D eigenvalue weighted by atomic mass is 10.0. The van der Waals surface area contributed by atoms with Gasteiger partial charge in [-0.3, -0.25) is 0 Å². The summed E-state index contributed by atoms with van der Waals surface area (Å²) in [5.74, 6) is 0. The van der Waals surface area contributed by atoms with Crippen LogP contribution < -0.4 is 0 Å². The van der Waals surface area contributed by atoms with Crippen molar-refractivity contribution in [3.05, 3.63) is 35.4 Å². The van der Waals surface area contributed by atoms with Gasteiger partial charge in [-0.25, -0.2) is 0 Å². The van der Waals surface area contributed by atoms with Gasteiger partial charge in [-0.2, -0.15) is 0 Å². The highest BCUT2D eigenvalue weighted by Gasteiger charge is 1.95. The second-order valence-electron chi connectivity index (χ2n) is 3.11. The Bertz CT molecular complexity index is 230. The van der Waals surface area contributed by atoms with Crippen molar-refractivity contribution in [1.82, 2.24) is 0 Å². The predicted octanol–water partition coefficient (Wildman–Crippen LogP) is 2.31. The van der Waals surface area contributed by atoms with Crippen LogP contribution in [0.4, 0.5) is 0 Å². The third-order valence-corrected chi connectivity index (χ3v) is 2.12. The molecule has 66 valence electrons. The molecule has 0 atom stereocenters. The summed E-state index contributed by atoms with van der Waals surface area (Å²) in [4.78, 5) is 0. The molecule has 0 radical (unpaired) electrons. The minimum atomic E-state index is 0.311. The molecule has 1 nitrogen and oxygen atoms in total. The van der Waals surface area contributed by atoms with E-state index in [1.165, 1.54) is 11.1 Å². The fourth-order valence-electron chi connectivity index (χ4n) is 1.32. The fourth-order valence-corrected chi connectivity index (χ4v) is 1.32. The smallest absolute Gasteiger partial charge is 0.0431 e. The quantitative estimate of drug-likeness (QED) is 0.677. The van der Waals surface area contributed by atoms with E-state index < -0.39 is 0 Å². The number of rotatable bonds is 4. The zero-order valence-corrected chi connectivity index (χ0v) is 7.59. The van der Waals surface area contributed by atoms with Crippen molar-refractivity contribution in [1.29, 1.82) is 0 Å². The molecule has 1 aromatic carbocycles. The lowest BCUT2D eigenvalue weighted by Gasteiger charge is -2.03. The Morgan fingerprint density at radius 1 is 1.17 bits per heavy atom. The van der Waals surface area contributed by atoms with E-state index in [1.54, 1.807) is 0 Å². The van der Waals surface area contributed by atoms with E-state index in [-0.39, 0.29) is 0 Å². The highest BCUT2D eigenvalue weighted by atomic mass is 16.2. The van der Waals surface area contributed by atoms with E-state index in [9.17, 15) is 0 Å². The van der Waals surface area contributed by atoms with Gasteiger partial charge in [-0.1, -0.05) is 24.3 Å². The number of aryl methyl sites for hydroxylation is 2. The van der Waals surface area contributed by atoms with Gasteiger partial charge in [0.2, 0.25) is 0 Å². The van der Waals surface area contributed by atoms with Gasteiger partial charge in [0, 0.05) is 6.61 Å². The standard InChI is InChI=1S/C11H16O/c1-10-6-2-3-7-11(10)8-4-5-9-12/h2-3,6-7,12H,4-5,8-9H2,1H3. The lowest BCUT2D eigenvalue weighted by Crippen LogP contribution is -1.91. The number of benzene rings is 1. The van der Waals surface area contributed by atoms with Crippen molar-refractivity contribution < 1.29 is 5.11 Å². The molecule has 0 aliphatic heterocycles. The van der Waals surface area contributed by atoms with Crippen molar-refractivity contribution >= 4 is 0 Å². The molecule has 0 aliphatic rings. The van der Waals surface area contributed by atoms with E-state index in [0.717, 1.165) is 19.3 Å². The van der Waals surface area contributed by atoms with Crippen LogP contribution in [-0.4, -0.2) is 11.7 Å². The topological polar surface area (TPSA) is 20.2 Å². The van der Waals surface area contributed by atoms with Crippen LogP contribution in [0.3, 0.4) is 0 Å². The molecule has 0 aliphatic carbocycles. The molecule has 0 unspecified atom stereocenters. The minimum absolute atomic E-state index is 0.311. The predicted molar refractivity (Wildman–Crippen MR) is 51.2 cm³/mol. The lowest BCUT2D eigenvalue weighted by molar-refractivity contribution is 0.284. The monoisotopic (exact) mass is 164 g/mol. The van der Waals surface area contributed by atoms with Crippen LogP contribution in [0.1, 0.15) is 24.0 Å². The Morgan fingerprint density at radius 3 is 2.58 bits per heavy atom. The number of hydrogen-bond acceptors (Lipinski definition) is 1. The Hall–Kier alpha value is -0.820. The molecule has 0 saturated heterocycles. The summed E-state index contributed by atoms with van der Waals surface area (Å²) in [7, 11) is 0. The molecule has 0 saturated carbocycles. The minimum Gasteiger partial charge on any atom is -0.396 e. The summed E-state index contributed by atoms with van der Waals surface area (Å²) in [5, 5.41) is 8.61. The molecule has 12 heavy (non-hydrogen) atoms. The maximum absolute atomic E-state index is 8.61. The molecule has 0 fully saturated rings. The first-order valence-electron chi connectivity index (χ1n) is 4.50. The van der Waals surface area contributed by atoms with E-state index in [4.69, 9.17) is 5.11 Å². The van der Waals surface area contributed by atoms with Gasteiger partial charge in [0.25, 0.3) is 0 Å². The summed E-state index contributed by atoms with van der Waals surface area (Å²) in [5.41, 5.74) is 2.77. The Balaban J connectivity index is 2.46. The summed E-state index contributed by atoms with van der Waals surface area (Å²) < 4.78 is 0. The van der Waals surface area contributed by atoms with Gasteiger partial charge < -0.3 is 5.11 Å². The van der Waals surface area contributed by atoms with E-state index in [0.29, 0.717) is 6.61 Å². The van der Waals surface area contributed by atoms with Gasteiger partial charge in [-0.05, 0) is 37.3 Å². The molecule has 1 N–H and O–H groups in total. The van der Waals surface area contributed by atoms with Crippen LogP contribution in [-0.2, 0) is 6.42 Å². The number of hydrogen-bond donors (Lipinski definition) is 1. The average molecular weight is 164 g/mol. The molecule has 0 aromatic heterocycles. The molecule has 1 aromatic rings. The zero-order valence-electron chi connectivity index (χ0n) is 7.59. The third kappa shape index (κ3) is 2.67. The van der Waals surface area contributed by atoms with Gasteiger partial charge in [-0.15, -0.1) is 0 Å². The van der Waals surface area contributed by atoms with Crippen LogP contribution in [0.15, 0.2) is 24.3 Å². The van der Waals surface area contributed by atoms with Gasteiger partial charge in [0.1, 0.15) is 0 Å². The average Bonchev–Trinajstić information content (AvgIpc) is 2.09. The van der Waals surface area contributed by atoms with Gasteiger partial charge in [0.15, 0.2) is 0 Å². The summed E-state index contributed by atoms with van der Waals surface area (Å²) >= 11 is 0. The molecular weight excluding hydrogens is 148 g/mol. The van der Waals surface area contributed by atoms with Crippen molar-refractivity contribution in [2.24, 2.45) is 0 Å². The van der Waals surface area contributed by atoms with Crippen LogP contribution in [0.2, 0.25) is 0 Å². The molecule has 0 bridgehead atoms. The van der Waals surface area contributed by atoms with Crippen molar-refractivity contribution in [2.75, 3.05) is 6.61 Å². The summed E-state index contributed by atoms with van der Waals surface area (Å²) in [6.45, 7) is 2.44. The van der Waals surface area contributed by atoms with Crippen molar-refractivity contribution in [3.8, 4) is 0 Å². The molecule has 0 amide bonds. The first-order valence-corrected chi connectivity index (χ1v) is 4.50. The Morgan fingerprint density at radius 2 is 1.92 bits per heavy atom. The Kier molecular flexibility index (Phi) is 3.81. The number of unbranched alkanes of at least 4 members (excludes halogenated alkanes) is 1. The fraction of sp³-hybridized carbons (Fsp3) is 0.455. The number of aliphatic hydroxyl groups is 1. The summed E-state index contributed by atoms with van der Waals surface area (Å²) in [6, 6.07) is 8.42. The second-order valence-corrected chi connectivity index (χ2v) is 3.11. The SMILES string of the molecule is Cc1ccccc1CCCCO. The highest BCUT2D eigenvalue weighted by Crippen LogP contribution is 2.09. The maximum atomic E-state index is 8.61. The van der Waals surface area contributed by atoms with Gasteiger partial charge in [0.05, 0.1) is 0 Å². The van der Waals surface area contributed by atoms with Gasteiger partial charge >= 0.3 is 0 Å². The van der Waals surface area contributed by atoms with Crippen molar-refractivity contribution in [2.45, 2.75) is 26.2 Å². The first kappa shape index (κ1) is 9.27. The van der Waals surface area contributed by atoms with E-state index in [2.05, 4.69) is 31.2 Å². The van der Waals surface area contributed by atoms with E-state index >= 15 is 0 Å². The maximum Gasteiger partial charge on any atom is 0.0431 e. The number of aliphatic hydroxyl groups excluding tert-OH is 1. The second kappa shape index (κ2) is 4.94. The zero-order chi connectivity index (χ0) is 8.81. The highest BCUT2D eigenvalue weighted by molar-refractivity contribution is 5.25. The molecule has 1 rings (SSSR count). The van der Waals surface area contributed by atoms with Crippen LogP contribution in [0.25, 0.3) is 0 Å². The van der Waals surface area contributed by atoms with Crippen LogP contribution in [0.5, 0.6) is 0 Å². The van der Waals surface area contributed by atoms with Crippen LogP contribution in [0, 0.1) is 6.92 Å². The molecule has 0 spiro atoms. The normalized spacial score (nSPS) is 10.2. The largest absolute Gasteiger partial charge is 0.396 e. The van der Waals surface area contributed by atoms with E-state index in [1.807, 2.05) is 0 Å². The third-order valence-electron chi connectivity index (χ3n) is 2.12. The van der Waals surface area contributed by atoms with Crippen molar-refractivity contribution in [3.63, 3.8) is 0 Å². The molecule has 0 heterocycles. The first-order chi connectivity index (χ1) is 5.84. The Labute approximate surface area is 74.1 Å². The molecule has 1 heteroatoms. The van der Waals surface area contributed by atoms with Crippen LogP contribution >= 0.6 is 0 Å². The molecular formula is C11H16O.